The normalized spacial score (nSPS) is 24.6. The van der Waals surface area contributed by atoms with E-state index in [-0.39, 0.29) is 36.2 Å². The zero-order chi connectivity index (χ0) is 29.3. The minimum atomic E-state index is -4.14. The molecular weight excluding hydrogens is 550 g/mol. The van der Waals surface area contributed by atoms with Gasteiger partial charge in [0, 0.05) is 6.54 Å². The van der Waals surface area contributed by atoms with Gasteiger partial charge in [-0.3, -0.25) is 19.1 Å². The van der Waals surface area contributed by atoms with Crippen LogP contribution in [0.15, 0.2) is 41.3 Å². The van der Waals surface area contributed by atoms with Crippen LogP contribution in [0.3, 0.4) is 0 Å². The van der Waals surface area contributed by atoms with E-state index in [0.29, 0.717) is 0 Å². The number of benzene rings is 1. The zero-order valence-electron chi connectivity index (χ0n) is 22.4. The number of aliphatic hydroxyl groups excluding tert-OH is 1. The Morgan fingerprint density at radius 1 is 1.35 bits per heavy atom. The molecule has 3 aromatic rings. The van der Waals surface area contributed by atoms with Crippen LogP contribution in [0.2, 0.25) is 0 Å². The number of nitrogens with two attached hydrogens (primary N) is 1. The van der Waals surface area contributed by atoms with Gasteiger partial charge < -0.3 is 24.8 Å². The van der Waals surface area contributed by atoms with Crippen molar-refractivity contribution in [2.24, 2.45) is 5.41 Å². The van der Waals surface area contributed by atoms with Gasteiger partial charge in [0.05, 0.1) is 23.9 Å². The molecule has 5 N–H and O–H groups in total. The first-order valence-electron chi connectivity index (χ1n) is 12.4. The summed E-state index contributed by atoms with van der Waals surface area (Å²) >= 11 is 0. The summed E-state index contributed by atoms with van der Waals surface area (Å²) in [5, 5.41) is 17.4. The number of nitrogen functional groups attached to an aromatic ring is 1. The van der Waals surface area contributed by atoms with Gasteiger partial charge in [0.15, 0.2) is 5.67 Å². The van der Waals surface area contributed by atoms with Gasteiger partial charge in [-0.1, -0.05) is 18.2 Å². The topological polar surface area (TPSA) is 192 Å². The van der Waals surface area contributed by atoms with Crippen molar-refractivity contribution in [2.45, 2.75) is 51.7 Å². The predicted molar refractivity (Wildman–Crippen MR) is 140 cm³/mol. The van der Waals surface area contributed by atoms with Crippen molar-refractivity contribution in [3.05, 3.63) is 52.6 Å². The van der Waals surface area contributed by atoms with Crippen molar-refractivity contribution >= 4 is 25.3 Å². The van der Waals surface area contributed by atoms with E-state index in [0.717, 1.165) is 11.4 Å². The molecule has 0 spiro atoms. The van der Waals surface area contributed by atoms with Crippen molar-refractivity contribution in [1.82, 2.24) is 24.7 Å². The number of anilines is 1. The van der Waals surface area contributed by atoms with Crippen molar-refractivity contribution in [2.75, 3.05) is 25.5 Å². The highest BCUT2D eigenvalue weighted by Crippen LogP contribution is 2.48. The molecule has 1 saturated heterocycles. The first-order chi connectivity index (χ1) is 18.7. The number of fused-ring (bicyclic) bond motifs is 1. The molecule has 1 fully saturated rings. The molecule has 0 amide bonds. The second-order valence-electron chi connectivity index (χ2n) is 10.4. The fraction of sp³-hybridized carbons (Fsp3) is 0.500. The molecule has 16 heteroatoms. The van der Waals surface area contributed by atoms with Crippen LogP contribution in [0.1, 0.15) is 39.5 Å². The maximum atomic E-state index is 15.8. The largest absolute Gasteiger partial charge is 0.464 e. The molecule has 3 heterocycles. The van der Waals surface area contributed by atoms with Gasteiger partial charge in [-0.15, -0.1) is 5.10 Å². The number of hydrogen-bond acceptors (Lipinski definition) is 11. The third kappa shape index (κ3) is 6.34. The molecule has 0 bridgehead atoms. The number of ether oxygens (including phenoxy) is 2. The van der Waals surface area contributed by atoms with Gasteiger partial charge in [0.1, 0.15) is 30.7 Å². The van der Waals surface area contributed by atoms with Crippen LogP contribution in [0.5, 0.6) is 5.75 Å². The van der Waals surface area contributed by atoms with Gasteiger partial charge in [-0.25, -0.2) is 23.5 Å². The van der Waals surface area contributed by atoms with Crippen LogP contribution in [0, 0.1) is 5.41 Å². The molecule has 0 saturated carbocycles. The van der Waals surface area contributed by atoms with Gasteiger partial charge >= 0.3 is 13.7 Å². The highest BCUT2D eigenvalue weighted by atomic mass is 31.2. The molecule has 0 radical (unpaired) electrons. The number of imidazole rings is 1. The number of carbonyl (C=O) groups excluding carboxylic acids is 1. The minimum absolute atomic E-state index is 0.0295. The lowest BCUT2D eigenvalue weighted by atomic mass is 9.93. The minimum Gasteiger partial charge on any atom is -0.464 e. The quantitative estimate of drug-likeness (QED) is 0.154. The van der Waals surface area contributed by atoms with Crippen molar-refractivity contribution in [1.29, 1.82) is 0 Å². The smallest absolute Gasteiger partial charge is 0.458 e. The Balaban J connectivity index is 1.49. The number of H-pyrrole nitrogens is 1. The molecule has 2 aromatic heterocycles. The van der Waals surface area contributed by atoms with Crippen LogP contribution < -0.4 is 20.9 Å². The molecule has 5 atom stereocenters. The third-order valence-corrected chi connectivity index (χ3v) is 7.62. The van der Waals surface area contributed by atoms with Crippen LogP contribution in [0.4, 0.5) is 10.3 Å². The molecular formula is C24H32FN6O8P. The second kappa shape index (κ2) is 11.3. The number of aromatic nitrogens is 4. The molecule has 1 aliphatic rings. The summed E-state index contributed by atoms with van der Waals surface area (Å²) in [7, 11) is -4.14. The number of carbonyl (C=O) groups is 1. The van der Waals surface area contributed by atoms with Crippen LogP contribution in [-0.2, 0) is 23.4 Å². The fourth-order valence-corrected chi connectivity index (χ4v) is 5.25. The number of esters is 1. The lowest BCUT2D eigenvalue weighted by molar-refractivity contribution is -0.152. The average Bonchev–Trinajstić information content (AvgIpc) is 3.38. The highest BCUT2D eigenvalue weighted by Gasteiger charge is 2.56. The average molecular weight is 583 g/mol. The Morgan fingerprint density at radius 2 is 2.05 bits per heavy atom. The van der Waals surface area contributed by atoms with E-state index in [1.165, 1.54) is 6.20 Å². The lowest BCUT2D eigenvalue weighted by Crippen LogP contribution is -2.40. The molecule has 1 unspecified atom stereocenters. The number of nitrogens with one attached hydrogen (secondary N) is 2. The van der Waals surface area contributed by atoms with E-state index in [4.69, 9.17) is 24.3 Å². The van der Waals surface area contributed by atoms with E-state index < -0.39 is 55.3 Å². The summed E-state index contributed by atoms with van der Waals surface area (Å²) in [4.78, 5) is 30.4. The Bertz CT molecular complexity index is 1460. The van der Waals surface area contributed by atoms with E-state index in [9.17, 15) is 19.3 Å². The first-order valence-corrected chi connectivity index (χ1v) is 13.9. The number of aliphatic hydroxyl groups is 1. The Kier molecular flexibility index (Phi) is 8.33. The fourth-order valence-electron chi connectivity index (χ4n) is 3.93. The van der Waals surface area contributed by atoms with Crippen molar-refractivity contribution in [3.63, 3.8) is 0 Å². The van der Waals surface area contributed by atoms with E-state index in [2.05, 4.69) is 20.2 Å². The van der Waals surface area contributed by atoms with Crippen molar-refractivity contribution in [3.8, 4) is 5.75 Å². The summed E-state index contributed by atoms with van der Waals surface area (Å²) in [6, 6.07) is 8.17. The van der Waals surface area contributed by atoms with E-state index >= 15 is 4.39 Å². The Morgan fingerprint density at radius 3 is 2.73 bits per heavy atom. The summed E-state index contributed by atoms with van der Waals surface area (Å²) in [5.41, 5.74) is 1.76. The standard InChI is InChI=1S/C24H32FN6O8P/c1-23(2,3)21(34)36-11-10-28-40(35,39-14-8-6-5-7-9-14)37-13-16-17(32)24(4,25)18(38-16)15-12-27-19-20(33)29-22(26)30-31(15)19/h5-9,12,16-18,32H,10-11,13H2,1-4H3,(H,28,35)(H3,26,29,30,33)/t16-,17-,18+,24-,40?/m1/s1. The third-order valence-electron chi connectivity index (χ3n) is 6.07. The molecule has 0 aliphatic carbocycles. The highest BCUT2D eigenvalue weighted by molar-refractivity contribution is 7.52. The van der Waals surface area contributed by atoms with Gasteiger partial charge in [0.2, 0.25) is 11.6 Å². The maximum Gasteiger partial charge on any atom is 0.458 e. The van der Waals surface area contributed by atoms with Crippen LogP contribution in [0.25, 0.3) is 5.65 Å². The number of halogens is 1. The van der Waals surface area contributed by atoms with Crippen LogP contribution >= 0.6 is 7.75 Å². The number of nitrogens with zero attached hydrogens (tertiary/aromatic N) is 3. The molecule has 218 valence electrons. The maximum absolute atomic E-state index is 15.8. The van der Waals surface area contributed by atoms with Gasteiger partial charge in [-0.2, -0.15) is 0 Å². The molecule has 40 heavy (non-hydrogen) atoms. The SMILES string of the molecule is CC(C)(C)C(=O)OCCNP(=O)(OC[C@H]1O[C@@H](c2cnc3c(=O)[nH]c(N)nn23)[C@](C)(F)[C@@H]1O)Oc1ccccc1. The first kappa shape index (κ1) is 29.6. The van der Waals surface area contributed by atoms with Crippen molar-refractivity contribution < 1.29 is 37.4 Å². The Labute approximate surface area is 228 Å². The van der Waals surface area contributed by atoms with Gasteiger partial charge in [0.25, 0.3) is 5.56 Å². The molecule has 1 aliphatic heterocycles. The second-order valence-corrected chi connectivity index (χ2v) is 12.2. The number of alkyl halides is 1. The molecule has 4 rings (SSSR count). The number of para-hydroxylation sites is 1. The number of hydrogen-bond donors (Lipinski definition) is 4. The Hall–Kier alpha value is -3.36. The van der Waals surface area contributed by atoms with Gasteiger partial charge in [-0.05, 0) is 39.8 Å². The summed E-state index contributed by atoms with van der Waals surface area (Å²) < 4.78 is 52.6. The summed E-state index contributed by atoms with van der Waals surface area (Å²) in [6.07, 6.45) is -3.28. The van der Waals surface area contributed by atoms with E-state index in [1.807, 2.05) is 0 Å². The predicted octanol–water partition coefficient (Wildman–Crippen LogP) is 1.91. The molecule has 14 nitrogen and oxygen atoms in total. The summed E-state index contributed by atoms with van der Waals surface area (Å²) in [5.74, 6) is -0.463. The summed E-state index contributed by atoms with van der Waals surface area (Å²) in [6.45, 7) is 5.44. The number of rotatable bonds is 10. The number of aromatic amines is 1. The monoisotopic (exact) mass is 582 g/mol. The molecule has 1 aromatic carbocycles. The van der Waals surface area contributed by atoms with E-state index in [1.54, 1.807) is 51.1 Å². The van der Waals surface area contributed by atoms with Crippen LogP contribution in [-0.4, -0.2) is 68.3 Å². The zero-order valence-corrected chi connectivity index (χ0v) is 23.3. The lowest BCUT2D eigenvalue weighted by Gasteiger charge is -2.24.